The summed E-state index contributed by atoms with van der Waals surface area (Å²) in [4.78, 5) is 9.44. The molecule has 1 aromatic heterocycles. The van der Waals surface area contributed by atoms with Gasteiger partial charge in [0.15, 0.2) is 5.82 Å². The minimum absolute atomic E-state index is 0.310. The van der Waals surface area contributed by atoms with Crippen LogP contribution in [0.3, 0.4) is 0 Å². The monoisotopic (exact) mass is 277 g/mol. The highest BCUT2D eigenvalue weighted by molar-refractivity contribution is 5.37. The highest BCUT2D eigenvalue weighted by Crippen LogP contribution is 2.34. The first-order valence-corrected chi connectivity index (χ1v) is 7.80. The Morgan fingerprint density at radius 2 is 2.20 bits per heavy atom. The molecule has 0 amide bonds. The van der Waals surface area contributed by atoms with E-state index in [0.717, 1.165) is 56.2 Å². The van der Waals surface area contributed by atoms with Gasteiger partial charge in [0.05, 0.1) is 0 Å². The molecule has 0 spiro atoms. The Bertz CT molecular complexity index is 439. The number of rotatable bonds is 6. The summed E-state index contributed by atoms with van der Waals surface area (Å²) in [5, 5.41) is 3.38. The second-order valence-electron chi connectivity index (χ2n) is 6.28. The van der Waals surface area contributed by atoms with Gasteiger partial charge in [-0.25, -0.2) is 9.97 Å². The third kappa shape index (κ3) is 3.69. The van der Waals surface area contributed by atoms with Crippen LogP contribution in [-0.2, 0) is 16.8 Å². The zero-order valence-electron chi connectivity index (χ0n) is 13.2. The maximum atomic E-state index is 5.89. The van der Waals surface area contributed by atoms with Crippen LogP contribution in [0.15, 0.2) is 6.07 Å². The topological polar surface area (TPSA) is 47.0 Å². The van der Waals surface area contributed by atoms with Crippen molar-refractivity contribution in [1.29, 1.82) is 0 Å². The highest BCUT2D eigenvalue weighted by atomic mass is 16.5. The first-order chi connectivity index (χ1) is 9.53. The molecule has 1 aliphatic heterocycles. The van der Waals surface area contributed by atoms with Gasteiger partial charge in [0, 0.05) is 24.9 Å². The molecule has 1 aromatic rings. The molecule has 1 unspecified atom stereocenters. The van der Waals surface area contributed by atoms with Gasteiger partial charge < -0.3 is 10.1 Å². The zero-order chi connectivity index (χ0) is 14.6. The predicted molar refractivity (Wildman–Crippen MR) is 81.9 cm³/mol. The smallest absolute Gasteiger partial charge is 0.162 e. The molecular weight excluding hydrogens is 250 g/mol. The Balaban J connectivity index is 2.29. The lowest BCUT2D eigenvalue weighted by molar-refractivity contribution is 0.00924. The highest BCUT2D eigenvalue weighted by Gasteiger charge is 2.35. The molecule has 20 heavy (non-hydrogen) atoms. The Morgan fingerprint density at radius 1 is 1.40 bits per heavy atom. The van der Waals surface area contributed by atoms with Crippen molar-refractivity contribution in [3.8, 4) is 0 Å². The molecule has 1 N–H and O–H groups in total. The molecule has 1 fully saturated rings. The molecule has 1 aliphatic rings. The fourth-order valence-corrected chi connectivity index (χ4v) is 2.56. The fourth-order valence-electron chi connectivity index (χ4n) is 2.56. The van der Waals surface area contributed by atoms with E-state index >= 15 is 0 Å². The first kappa shape index (κ1) is 15.2. The van der Waals surface area contributed by atoms with E-state index in [1.54, 1.807) is 0 Å². The normalized spacial score (nSPS) is 22.4. The number of anilines is 1. The molecule has 1 atom stereocenters. The van der Waals surface area contributed by atoms with Crippen molar-refractivity contribution in [2.75, 3.05) is 18.5 Å². The minimum Gasteiger partial charge on any atom is -0.370 e. The van der Waals surface area contributed by atoms with Crippen LogP contribution in [0.1, 0.15) is 58.5 Å². The number of nitrogens with zero attached hydrogens (tertiary/aromatic N) is 2. The molecule has 2 rings (SSSR count). The van der Waals surface area contributed by atoms with Gasteiger partial charge in [0.1, 0.15) is 11.4 Å². The van der Waals surface area contributed by atoms with Crippen molar-refractivity contribution in [2.45, 2.75) is 59.0 Å². The molecule has 0 aromatic carbocycles. The summed E-state index contributed by atoms with van der Waals surface area (Å²) in [5.41, 5.74) is 0.802. The van der Waals surface area contributed by atoms with Crippen LogP contribution >= 0.6 is 0 Å². The van der Waals surface area contributed by atoms with E-state index in [2.05, 4.69) is 44.1 Å². The maximum absolute atomic E-state index is 5.89. The van der Waals surface area contributed by atoms with Crippen molar-refractivity contribution >= 4 is 5.82 Å². The standard InChI is InChI=1S/C16H27N3O/c1-5-8-17-14-11-13(10-12(2)3)18-15(19-14)16(4)7-6-9-20-16/h11-12H,5-10H2,1-4H3,(H,17,18,19). The third-order valence-corrected chi connectivity index (χ3v) is 3.64. The number of hydrogen-bond acceptors (Lipinski definition) is 4. The fraction of sp³-hybridized carbons (Fsp3) is 0.750. The van der Waals surface area contributed by atoms with E-state index < -0.39 is 0 Å². The van der Waals surface area contributed by atoms with Crippen LogP contribution in [0.2, 0.25) is 0 Å². The lowest BCUT2D eigenvalue weighted by Crippen LogP contribution is -2.25. The van der Waals surface area contributed by atoms with Crippen molar-refractivity contribution in [3.63, 3.8) is 0 Å². The Hall–Kier alpha value is -1.16. The summed E-state index contributed by atoms with van der Waals surface area (Å²) < 4.78 is 5.89. The Labute approximate surface area is 122 Å². The molecular formula is C16H27N3O. The molecule has 1 saturated heterocycles. The van der Waals surface area contributed by atoms with Crippen molar-refractivity contribution in [3.05, 3.63) is 17.6 Å². The van der Waals surface area contributed by atoms with Gasteiger partial charge in [0.2, 0.25) is 0 Å². The summed E-state index contributed by atoms with van der Waals surface area (Å²) >= 11 is 0. The number of aromatic nitrogens is 2. The quantitative estimate of drug-likeness (QED) is 0.864. The average Bonchev–Trinajstić information content (AvgIpc) is 2.83. The zero-order valence-corrected chi connectivity index (χ0v) is 13.2. The second-order valence-corrected chi connectivity index (χ2v) is 6.28. The Morgan fingerprint density at radius 3 is 2.80 bits per heavy atom. The summed E-state index contributed by atoms with van der Waals surface area (Å²) in [7, 11) is 0. The molecule has 4 nitrogen and oxygen atoms in total. The molecule has 112 valence electrons. The third-order valence-electron chi connectivity index (χ3n) is 3.64. The Kier molecular flexibility index (Phi) is 4.97. The van der Waals surface area contributed by atoms with Crippen LogP contribution in [0.4, 0.5) is 5.82 Å². The average molecular weight is 277 g/mol. The van der Waals surface area contributed by atoms with Crippen LogP contribution < -0.4 is 5.32 Å². The number of nitrogens with one attached hydrogen (secondary N) is 1. The van der Waals surface area contributed by atoms with Crippen molar-refractivity contribution in [1.82, 2.24) is 9.97 Å². The molecule has 0 aliphatic carbocycles. The predicted octanol–water partition coefficient (Wildman–Crippen LogP) is 3.52. The van der Waals surface area contributed by atoms with Gasteiger partial charge in [-0.3, -0.25) is 0 Å². The van der Waals surface area contributed by atoms with E-state index in [1.165, 1.54) is 0 Å². The maximum Gasteiger partial charge on any atom is 0.162 e. The second kappa shape index (κ2) is 6.53. The van der Waals surface area contributed by atoms with Crippen LogP contribution in [-0.4, -0.2) is 23.1 Å². The van der Waals surface area contributed by atoms with Gasteiger partial charge in [-0.1, -0.05) is 20.8 Å². The van der Waals surface area contributed by atoms with E-state index in [-0.39, 0.29) is 5.60 Å². The summed E-state index contributed by atoms with van der Waals surface area (Å²) in [6.45, 7) is 10.5. The summed E-state index contributed by atoms with van der Waals surface area (Å²) in [6, 6.07) is 2.08. The number of ether oxygens (including phenoxy) is 1. The van der Waals surface area contributed by atoms with Gasteiger partial charge in [-0.15, -0.1) is 0 Å². The lowest BCUT2D eigenvalue weighted by Gasteiger charge is -2.23. The molecule has 0 saturated carbocycles. The van der Waals surface area contributed by atoms with E-state index in [4.69, 9.17) is 9.72 Å². The van der Waals surface area contributed by atoms with Crippen molar-refractivity contribution in [2.24, 2.45) is 5.92 Å². The van der Waals surface area contributed by atoms with Crippen molar-refractivity contribution < 1.29 is 4.74 Å². The van der Waals surface area contributed by atoms with Gasteiger partial charge in [-0.05, 0) is 38.5 Å². The van der Waals surface area contributed by atoms with Crippen LogP contribution in [0.5, 0.6) is 0 Å². The van der Waals surface area contributed by atoms with Gasteiger partial charge in [0.25, 0.3) is 0 Å². The van der Waals surface area contributed by atoms with E-state index in [0.29, 0.717) is 5.92 Å². The van der Waals surface area contributed by atoms with Crippen LogP contribution in [0.25, 0.3) is 0 Å². The van der Waals surface area contributed by atoms with E-state index in [1.807, 2.05) is 0 Å². The summed E-state index contributed by atoms with van der Waals surface area (Å²) in [6.07, 6.45) is 4.16. The molecule has 0 bridgehead atoms. The minimum atomic E-state index is -0.310. The number of hydrogen-bond donors (Lipinski definition) is 1. The van der Waals surface area contributed by atoms with Gasteiger partial charge in [-0.2, -0.15) is 0 Å². The largest absolute Gasteiger partial charge is 0.370 e. The SMILES string of the molecule is CCCNc1cc(CC(C)C)nc(C2(C)CCCO2)n1. The molecule has 0 radical (unpaired) electrons. The van der Waals surface area contributed by atoms with E-state index in [9.17, 15) is 0 Å². The molecule has 2 heterocycles. The first-order valence-electron chi connectivity index (χ1n) is 7.80. The summed E-state index contributed by atoms with van der Waals surface area (Å²) in [5.74, 6) is 2.37. The van der Waals surface area contributed by atoms with Crippen LogP contribution in [0, 0.1) is 5.92 Å². The molecule has 4 heteroatoms. The van der Waals surface area contributed by atoms with Gasteiger partial charge >= 0.3 is 0 Å². The lowest BCUT2D eigenvalue weighted by atomic mass is 10.0.